The van der Waals surface area contributed by atoms with Crippen molar-refractivity contribution >= 4 is 29.3 Å². The lowest BCUT2D eigenvalue weighted by Crippen LogP contribution is -2.55. The van der Waals surface area contributed by atoms with Crippen molar-refractivity contribution in [1.29, 1.82) is 0 Å². The van der Waals surface area contributed by atoms with Gasteiger partial charge in [-0.15, -0.1) is 0 Å². The number of methoxy groups -OCH3 is 2. The number of nitrogens with zero attached hydrogens (tertiary/aromatic N) is 2. The molecule has 2 unspecified atom stereocenters. The summed E-state index contributed by atoms with van der Waals surface area (Å²) in [6, 6.07) is 8.37. The second kappa shape index (κ2) is 13.0. The lowest BCUT2D eigenvalue weighted by Gasteiger charge is -2.41. The fraction of sp³-hybridized carbons (Fsp3) is 0.545. The van der Waals surface area contributed by atoms with E-state index in [9.17, 15) is 27.6 Å². The number of piperidine rings is 1. The Morgan fingerprint density at radius 1 is 1.07 bits per heavy atom. The Morgan fingerprint density at radius 2 is 1.83 bits per heavy atom. The second-order valence-corrected chi connectivity index (χ2v) is 12.6. The fourth-order valence-corrected chi connectivity index (χ4v) is 6.47. The molecule has 1 saturated carbocycles. The Kier molecular flexibility index (Phi) is 9.44. The maximum absolute atomic E-state index is 14.4. The Bertz CT molecular complexity index is 1480. The summed E-state index contributed by atoms with van der Waals surface area (Å²) in [5, 5.41) is 2.92. The number of hydrogen-bond donors (Lipinski definition) is 1. The van der Waals surface area contributed by atoms with Gasteiger partial charge in [-0.25, -0.2) is 4.79 Å². The molecule has 0 spiro atoms. The maximum Gasteiger partial charge on any atom is 0.419 e. The van der Waals surface area contributed by atoms with E-state index in [0.29, 0.717) is 30.9 Å². The fourth-order valence-electron chi connectivity index (χ4n) is 6.47. The van der Waals surface area contributed by atoms with Crippen molar-refractivity contribution in [3.05, 3.63) is 47.5 Å². The van der Waals surface area contributed by atoms with E-state index in [1.165, 1.54) is 36.2 Å². The van der Waals surface area contributed by atoms with Crippen molar-refractivity contribution in [2.45, 2.75) is 57.9 Å². The van der Waals surface area contributed by atoms with E-state index in [1.54, 1.807) is 26.0 Å². The van der Waals surface area contributed by atoms with E-state index in [1.807, 2.05) is 13.0 Å². The smallest absolute Gasteiger partial charge is 0.419 e. The molecular weight excluding hydrogens is 607 g/mol. The van der Waals surface area contributed by atoms with Gasteiger partial charge in [-0.2, -0.15) is 13.2 Å². The molecule has 0 radical (unpaired) electrons. The number of carbonyl (C=O) groups excluding carboxylic acids is 3. The van der Waals surface area contributed by atoms with Crippen molar-refractivity contribution in [3.63, 3.8) is 0 Å². The number of alkyl halides is 3. The second-order valence-electron chi connectivity index (χ2n) is 12.6. The molecule has 0 aromatic heterocycles. The minimum atomic E-state index is -4.67. The van der Waals surface area contributed by atoms with Crippen LogP contribution in [0.4, 0.5) is 29.3 Å². The third-order valence-corrected chi connectivity index (χ3v) is 9.00. The highest BCUT2D eigenvalue weighted by atomic mass is 19.4. The van der Waals surface area contributed by atoms with Gasteiger partial charge in [-0.05, 0) is 57.4 Å². The van der Waals surface area contributed by atoms with Crippen LogP contribution in [0.3, 0.4) is 0 Å². The van der Waals surface area contributed by atoms with Crippen molar-refractivity contribution in [2.75, 3.05) is 50.7 Å². The number of aryl methyl sites for hydroxylation is 1. The molecular formula is C33H40F3N3O7. The summed E-state index contributed by atoms with van der Waals surface area (Å²) < 4.78 is 63.8. The molecule has 4 atom stereocenters. The molecule has 2 bridgehead atoms. The van der Waals surface area contributed by atoms with E-state index in [0.717, 1.165) is 11.6 Å². The summed E-state index contributed by atoms with van der Waals surface area (Å²) in [6.07, 6.45) is -4.30. The number of para-hydroxylation sites is 1. The SMILES string of the molecule is COCCCOc1cc(N2C(=O)[C@@H]3C[C@H](C(=O)Nc4c(C)cccc4OC)CN(C3)C(=O)OC(C)(C)C3CC32)ccc1C(F)(F)F. The minimum Gasteiger partial charge on any atom is -0.495 e. The van der Waals surface area contributed by atoms with E-state index in [-0.39, 0.29) is 49.4 Å². The van der Waals surface area contributed by atoms with Gasteiger partial charge >= 0.3 is 12.3 Å². The molecule has 2 saturated heterocycles. The van der Waals surface area contributed by atoms with Crippen molar-refractivity contribution < 1.29 is 46.5 Å². The van der Waals surface area contributed by atoms with Crippen LogP contribution in [0.5, 0.6) is 11.5 Å². The Labute approximate surface area is 266 Å². The highest BCUT2D eigenvalue weighted by Gasteiger charge is 2.57. The molecule has 2 aromatic rings. The first-order chi connectivity index (χ1) is 21.7. The topological polar surface area (TPSA) is 107 Å². The molecule has 3 fully saturated rings. The number of rotatable bonds is 9. The van der Waals surface area contributed by atoms with Crippen LogP contribution in [0.15, 0.2) is 36.4 Å². The van der Waals surface area contributed by atoms with Gasteiger partial charge in [0.25, 0.3) is 0 Å². The molecule has 3 aliphatic rings. The molecule has 2 heterocycles. The largest absolute Gasteiger partial charge is 0.495 e. The van der Waals surface area contributed by atoms with Crippen molar-refractivity contribution in [2.24, 2.45) is 17.8 Å². The first-order valence-corrected chi connectivity index (χ1v) is 15.3. The summed E-state index contributed by atoms with van der Waals surface area (Å²) in [5.74, 6) is -2.52. The molecule has 2 aromatic carbocycles. The summed E-state index contributed by atoms with van der Waals surface area (Å²) in [6.45, 7) is 5.68. The zero-order valence-corrected chi connectivity index (χ0v) is 26.6. The number of fused-ring (bicyclic) bond motifs is 3. The van der Waals surface area contributed by atoms with E-state index in [2.05, 4.69) is 5.32 Å². The van der Waals surface area contributed by atoms with Gasteiger partial charge in [0.2, 0.25) is 11.8 Å². The molecule has 13 heteroatoms. The number of hydrogen-bond acceptors (Lipinski definition) is 7. The summed E-state index contributed by atoms with van der Waals surface area (Å²) in [4.78, 5) is 44.3. The van der Waals surface area contributed by atoms with Gasteiger partial charge in [0, 0.05) is 56.9 Å². The Hall–Kier alpha value is -4.00. The van der Waals surface area contributed by atoms with Crippen LogP contribution >= 0.6 is 0 Å². The molecule has 1 aliphatic carbocycles. The lowest BCUT2D eigenvalue weighted by atomic mass is 9.87. The van der Waals surface area contributed by atoms with Gasteiger partial charge in [-0.1, -0.05) is 12.1 Å². The number of anilines is 2. The van der Waals surface area contributed by atoms with Gasteiger partial charge in [0.05, 0.1) is 36.8 Å². The molecule has 250 valence electrons. The Morgan fingerprint density at radius 3 is 2.52 bits per heavy atom. The normalized spacial score (nSPS) is 24.1. The highest BCUT2D eigenvalue weighted by Crippen LogP contribution is 2.50. The average molecular weight is 648 g/mol. The van der Waals surface area contributed by atoms with Crippen LogP contribution in [-0.4, -0.2) is 75.0 Å². The predicted octanol–water partition coefficient (Wildman–Crippen LogP) is 5.66. The summed E-state index contributed by atoms with van der Waals surface area (Å²) in [7, 11) is 2.99. The van der Waals surface area contributed by atoms with E-state index >= 15 is 0 Å². The quantitative estimate of drug-likeness (QED) is 0.350. The third kappa shape index (κ3) is 6.89. The monoisotopic (exact) mass is 647 g/mol. The van der Waals surface area contributed by atoms with Gasteiger partial charge in [-0.3, -0.25) is 9.59 Å². The number of ether oxygens (including phenoxy) is 4. The van der Waals surface area contributed by atoms with Crippen LogP contribution < -0.4 is 19.7 Å². The number of amides is 3. The zero-order valence-electron chi connectivity index (χ0n) is 26.6. The molecule has 46 heavy (non-hydrogen) atoms. The Balaban J connectivity index is 1.49. The zero-order chi connectivity index (χ0) is 33.4. The summed E-state index contributed by atoms with van der Waals surface area (Å²) >= 11 is 0. The van der Waals surface area contributed by atoms with E-state index < -0.39 is 47.2 Å². The average Bonchev–Trinajstić information content (AvgIpc) is 3.80. The number of carbonyl (C=O) groups is 3. The van der Waals surface area contributed by atoms with E-state index in [4.69, 9.17) is 18.9 Å². The molecule has 10 nitrogen and oxygen atoms in total. The molecule has 1 N–H and O–H groups in total. The van der Waals surface area contributed by atoms with Gasteiger partial charge in [0.15, 0.2) is 0 Å². The number of cyclic esters (lactones) is 1. The van der Waals surface area contributed by atoms with Gasteiger partial charge < -0.3 is 34.1 Å². The summed E-state index contributed by atoms with van der Waals surface area (Å²) in [5.41, 5.74) is -0.418. The predicted molar refractivity (Wildman–Crippen MR) is 163 cm³/mol. The number of nitrogens with one attached hydrogen (secondary N) is 1. The minimum absolute atomic E-state index is 0.000108. The van der Waals surface area contributed by atoms with Crippen LogP contribution in [0.1, 0.15) is 44.2 Å². The van der Waals surface area contributed by atoms with Gasteiger partial charge in [0.1, 0.15) is 17.1 Å². The van der Waals surface area contributed by atoms with Crippen molar-refractivity contribution in [1.82, 2.24) is 4.90 Å². The van der Waals surface area contributed by atoms with Crippen LogP contribution in [0, 0.1) is 24.7 Å². The standard InChI is InChI=1S/C33H40F3N3O7/c1-19-8-6-9-26(44-5)28(19)37-29(40)20-14-21-18-38(17-20)31(42)46-32(2,3)24-16-25(24)39(30(21)41)22-10-11-23(33(34,35)36)27(15-22)45-13-7-12-43-4/h6,8-11,15,20-21,24-25H,7,12-14,16-18H2,1-5H3,(H,37,40)/t20-,21+,24?,25?/m0/s1. The van der Waals surface area contributed by atoms with Crippen molar-refractivity contribution in [3.8, 4) is 11.5 Å². The maximum atomic E-state index is 14.4. The molecule has 2 aliphatic heterocycles. The third-order valence-electron chi connectivity index (χ3n) is 9.00. The number of halogens is 3. The van der Waals surface area contributed by atoms with Crippen LogP contribution in [-0.2, 0) is 25.2 Å². The molecule has 3 amide bonds. The number of benzene rings is 2. The first-order valence-electron chi connectivity index (χ1n) is 15.3. The van der Waals surface area contributed by atoms with Crippen LogP contribution in [0.2, 0.25) is 0 Å². The lowest BCUT2D eigenvalue weighted by molar-refractivity contribution is -0.139. The highest BCUT2D eigenvalue weighted by molar-refractivity contribution is 5.99. The molecule has 5 rings (SSSR count). The van der Waals surface area contributed by atoms with Crippen LogP contribution in [0.25, 0.3) is 0 Å². The first kappa shape index (κ1) is 33.4.